The van der Waals surface area contributed by atoms with E-state index in [9.17, 15) is 4.79 Å². The molecule has 1 aliphatic rings. The largest absolute Gasteiger partial charge is 0.293 e. The van der Waals surface area contributed by atoms with Gasteiger partial charge in [0, 0.05) is 24.8 Å². The third kappa shape index (κ3) is 3.38. The van der Waals surface area contributed by atoms with E-state index in [2.05, 4.69) is 17.2 Å². The van der Waals surface area contributed by atoms with E-state index in [0.29, 0.717) is 15.8 Å². The lowest BCUT2D eigenvalue weighted by Crippen LogP contribution is -2.30. The highest BCUT2D eigenvalue weighted by atomic mass is 32.2. The summed E-state index contributed by atoms with van der Waals surface area (Å²) in [6.07, 6.45) is 4.45. The van der Waals surface area contributed by atoms with E-state index in [1.807, 2.05) is 38.2 Å². The predicted molar refractivity (Wildman–Crippen MR) is 98.0 cm³/mol. The molecule has 0 saturated carbocycles. The molecule has 0 bridgehead atoms. The Morgan fingerprint density at radius 1 is 1.30 bits per heavy atom. The third-order valence-electron chi connectivity index (χ3n) is 3.90. The molecule has 0 radical (unpaired) electrons. The first kappa shape index (κ1) is 16.0. The molecular weight excluding hydrogens is 326 g/mol. The molecule has 2 heterocycles. The van der Waals surface area contributed by atoms with E-state index in [1.54, 1.807) is 15.8 Å². The van der Waals surface area contributed by atoms with Crippen molar-refractivity contribution >= 4 is 40.3 Å². The molecule has 6 heteroatoms. The van der Waals surface area contributed by atoms with Crippen molar-refractivity contribution in [3.8, 4) is 0 Å². The Labute approximate surface area is 145 Å². The smallest absolute Gasteiger partial charge is 0.266 e. The molecule has 118 valence electrons. The Morgan fingerprint density at radius 3 is 2.70 bits per heavy atom. The summed E-state index contributed by atoms with van der Waals surface area (Å²) < 4.78 is 2.42. The fourth-order valence-electron chi connectivity index (χ4n) is 2.38. The minimum Gasteiger partial charge on any atom is -0.293 e. The van der Waals surface area contributed by atoms with Crippen LogP contribution in [0.1, 0.15) is 16.8 Å². The molecule has 1 aromatic carbocycles. The number of aromatic nitrogens is 2. The van der Waals surface area contributed by atoms with Crippen LogP contribution in [-0.4, -0.2) is 31.5 Å². The third-order valence-corrected chi connectivity index (χ3v) is 5.28. The summed E-state index contributed by atoms with van der Waals surface area (Å²) in [6, 6.07) is 10.1. The van der Waals surface area contributed by atoms with Gasteiger partial charge in [0.25, 0.3) is 5.91 Å². The van der Waals surface area contributed by atoms with E-state index < -0.39 is 0 Å². The van der Waals surface area contributed by atoms with Crippen molar-refractivity contribution in [1.29, 1.82) is 0 Å². The molecule has 0 aliphatic carbocycles. The van der Waals surface area contributed by atoms with Crippen LogP contribution in [0.25, 0.3) is 6.08 Å². The number of hydrogen-bond acceptors (Lipinski definition) is 4. The van der Waals surface area contributed by atoms with Gasteiger partial charge in [-0.2, -0.15) is 5.10 Å². The van der Waals surface area contributed by atoms with E-state index in [-0.39, 0.29) is 5.91 Å². The Bertz CT molecular complexity index is 780. The van der Waals surface area contributed by atoms with Gasteiger partial charge in [-0.1, -0.05) is 54.3 Å². The van der Waals surface area contributed by atoms with Crippen LogP contribution in [0.15, 0.2) is 41.4 Å². The van der Waals surface area contributed by atoms with E-state index >= 15 is 0 Å². The van der Waals surface area contributed by atoms with Crippen LogP contribution in [0, 0.1) is 6.92 Å². The lowest BCUT2D eigenvalue weighted by atomic mass is 10.1. The molecule has 1 aromatic heterocycles. The van der Waals surface area contributed by atoms with Gasteiger partial charge in [0.15, 0.2) is 0 Å². The van der Waals surface area contributed by atoms with Gasteiger partial charge in [0.05, 0.1) is 11.1 Å². The van der Waals surface area contributed by atoms with Crippen LogP contribution >= 0.6 is 24.0 Å². The zero-order valence-electron chi connectivity index (χ0n) is 13.0. The number of carbonyl (C=O) groups is 1. The number of amides is 1. The molecule has 0 unspecified atom stereocenters. The van der Waals surface area contributed by atoms with Crippen molar-refractivity contribution in [1.82, 2.24) is 14.7 Å². The molecule has 3 rings (SSSR count). The van der Waals surface area contributed by atoms with Crippen molar-refractivity contribution in [2.75, 3.05) is 6.54 Å². The number of rotatable bonds is 4. The highest BCUT2D eigenvalue weighted by Crippen LogP contribution is 2.33. The SMILES string of the molecule is Cc1c(C=C2SC(=S)N(CCc3ccccc3)C2=O)cnn1C. The minimum atomic E-state index is -0.0146. The van der Waals surface area contributed by atoms with Gasteiger partial charge in [-0.05, 0) is 25.0 Å². The lowest BCUT2D eigenvalue weighted by molar-refractivity contribution is -0.122. The number of hydrogen-bond donors (Lipinski definition) is 0. The van der Waals surface area contributed by atoms with Crippen molar-refractivity contribution in [2.45, 2.75) is 13.3 Å². The van der Waals surface area contributed by atoms with Gasteiger partial charge in [-0.15, -0.1) is 0 Å². The Morgan fingerprint density at radius 2 is 2.04 bits per heavy atom. The first-order valence-corrected chi connectivity index (χ1v) is 8.56. The number of aryl methyl sites for hydroxylation is 1. The number of benzene rings is 1. The normalized spacial score (nSPS) is 16.6. The number of thioether (sulfide) groups is 1. The van der Waals surface area contributed by atoms with Crippen LogP contribution in [0.4, 0.5) is 0 Å². The molecule has 1 fully saturated rings. The van der Waals surface area contributed by atoms with Crippen LogP contribution in [0.3, 0.4) is 0 Å². The fourth-order valence-corrected chi connectivity index (χ4v) is 3.68. The van der Waals surface area contributed by atoms with Gasteiger partial charge < -0.3 is 0 Å². The van der Waals surface area contributed by atoms with Gasteiger partial charge >= 0.3 is 0 Å². The highest BCUT2D eigenvalue weighted by Gasteiger charge is 2.31. The van der Waals surface area contributed by atoms with Crippen LogP contribution in [-0.2, 0) is 18.3 Å². The summed E-state index contributed by atoms with van der Waals surface area (Å²) in [5.41, 5.74) is 3.18. The molecule has 2 aromatic rings. The fraction of sp³-hybridized carbons (Fsp3) is 0.235. The molecule has 1 saturated heterocycles. The zero-order chi connectivity index (χ0) is 16.4. The summed E-state index contributed by atoms with van der Waals surface area (Å²) >= 11 is 6.73. The van der Waals surface area contributed by atoms with E-state index in [1.165, 1.54) is 17.3 Å². The minimum absolute atomic E-state index is 0.0146. The molecule has 23 heavy (non-hydrogen) atoms. The lowest BCUT2D eigenvalue weighted by Gasteiger charge is -2.14. The van der Waals surface area contributed by atoms with Gasteiger partial charge in [-0.25, -0.2) is 0 Å². The summed E-state index contributed by atoms with van der Waals surface area (Å²) in [6.45, 7) is 2.59. The average molecular weight is 343 g/mol. The molecule has 1 aliphatic heterocycles. The maximum absolute atomic E-state index is 12.6. The van der Waals surface area contributed by atoms with E-state index in [0.717, 1.165) is 17.7 Å². The van der Waals surface area contributed by atoms with E-state index in [4.69, 9.17) is 12.2 Å². The summed E-state index contributed by atoms with van der Waals surface area (Å²) in [4.78, 5) is 14.9. The second kappa shape index (κ2) is 6.68. The summed E-state index contributed by atoms with van der Waals surface area (Å²) in [5.74, 6) is -0.0146. The predicted octanol–water partition coefficient (Wildman–Crippen LogP) is 3.17. The Hall–Kier alpha value is -1.92. The Kier molecular flexibility index (Phi) is 4.63. The quantitative estimate of drug-likeness (QED) is 0.631. The topological polar surface area (TPSA) is 38.1 Å². The number of thiocarbonyl (C=S) groups is 1. The van der Waals surface area contributed by atoms with Gasteiger partial charge in [0.1, 0.15) is 4.32 Å². The molecule has 4 nitrogen and oxygen atoms in total. The first-order valence-electron chi connectivity index (χ1n) is 7.34. The van der Waals surface area contributed by atoms with Crippen molar-refractivity contribution in [2.24, 2.45) is 7.05 Å². The maximum atomic E-state index is 12.6. The van der Waals surface area contributed by atoms with Crippen LogP contribution < -0.4 is 0 Å². The van der Waals surface area contributed by atoms with Crippen molar-refractivity contribution in [3.05, 3.63) is 58.3 Å². The standard InChI is InChI=1S/C17H17N3OS2/c1-12-14(11-18-19(12)2)10-15-16(21)20(17(22)23-15)9-8-13-6-4-3-5-7-13/h3-7,10-11H,8-9H2,1-2H3. The summed E-state index contributed by atoms with van der Waals surface area (Å²) in [7, 11) is 1.89. The Balaban J connectivity index is 1.73. The van der Waals surface area contributed by atoms with Crippen LogP contribution in [0.5, 0.6) is 0 Å². The molecular formula is C17H17N3OS2. The maximum Gasteiger partial charge on any atom is 0.266 e. The molecule has 0 atom stereocenters. The van der Waals surface area contributed by atoms with Gasteiger partial charge in [0.2, 0.25) is 0 Å². The van der Waals surface area contributed by atoms with Crippen molar-refractivity contribution in [3.63, 3.8) is 0 Å². The number of nitrogens with zero attached hydrogens (tertiary/aromatic N) is 3. The number of carbonyl (C=O) groups excluding carboxylic acids is 1. The second-order valence-electron chi connectivity index (χ2n) is 5.38. The van der Waals surface area contributed by atoms with Crippen LogP contribution in [0.2, 0.25) is 0 Å². The molecule has 0 N–H and O–H groups in total. The summed E-state index contributed by atoms with van der Waals surface area (Å²) in [5, 5.41) is 4.20. The zero-order valence-corrected chi connectivity index (χ0v) is 14.7. The molecule has 1 amide bonds. The average Bonchev–Trinajstić information content (AvgIpc) is 3.00. The van der Waals surface area contributed by atoms with Gasteiger partial charge in [-0.3, -0.25) is 14.4 Å². The first-order chi connectivity index (χ1) is 11.1. The second-order valence-corrected chi connectivity index (χ2v) is 7.05. The monoisotopic (exact) mass is 343 g/mol. The highest BCUT2D eigenvalue weighted by molar-refractivity contribution is 8.26. The van der Waals surface area contributed by atoms with Crippen molar-refractivity contribution < 1.29 is 4.79 Å². The molecule has 0 spiro atoms.